The summed E-state index contributed by atoms with van der Waals surface area (Å²) in [5.41, 5.74) is 2.59. The molecular weight excluding hydrogens is 397 g/mol. The molecule has 6 nitrogen and oxygen atoms in total. The van der Waals surface area contributed by atoms with Gasteiger partial charge in [-0.05, 0) is 49.1 Å². The van der Waals surface area contributed by atoms with Crippen molar-refractivity contribution < 1.29 is 22.7 Å². The minimum Gasteiger partial charge on any atom is -0.406 e. The molecule has 30 heavy (non-hydrogen) atoms. The van der Waals surface area contributed by atoms with E-state index in [1.807, 2.05) is 24.3 Å². The highest BCUT2D eigenvalue weighted by Crippen LogP contribution is 2.24. The topological polar surface area (TPSA) is 69.0 Å². The minimum absolute atomic E-state index is 0.0168. The summed E-state index contributed by atoms with van der Waals surface area (Å²) in [5.74, 6) is 0.207. The first-order valence-electron chi connectivity index (χ1n) is 9.42. The van der Waals surface area contributed by atoms with E-state index < -0.39 is 6.36 Å². The van der Waals surface area contributed by atoms with Crippen LogP contribution < -0.4 is 10.1 Å². The normalized spacial score (nSPS) is 11.3. The molecule has 0 aliphatic carbocycles. The van der Waals surface area contributed by atoms with Gasteiger partial charge in [-0.3, -0.25) is 4.79 Å². The Kier molecular flexibility index (Phi) is 6.71. The molecule has 1 amide bonds. The van der Waals surface area contributed by atoms with E-state index in [9.17, 15) is 18.0 Å². The molecule has 0 saturated carbocycles. The van der Waals surface area contributed by atoms with Crippen LogP contribution in [0.25, 0.3) is 17.1 Å². The number of nitrogens with zero attached hydrogens (tertiary/aromatic N) is 3. The summed E-state index contributed by atoms with van der Waals surface area (Å²) in [6, 6.07) is 13.3. The highest BCUT2D eigenvalue weighted by molar-refractivity contribution is 5.72. The molecule has 2 aromatic carbocycles. The third-order valence-corrected chi connectivity index (χ3v) is 4.31. The number of halogens is 3. The molecular formula is C21H21F3N4O2. The van der Waals surface area contributed by atoms with E-state index >= 15 is 0 Å². The number of rotatable bonds is 8. The molecule has 3 rings (SSSR count). The van der Waals surface area contributed by atoms with Gasteiger partial charge in [0.1, 0.15) is 12.1 Å². The summed E-state index contributed by atoms with van der Waals surface area (Å²) in [7, 11) is 0. The molecule has 0 bridgehead atoms. The van der Waals surface area contributed by atoms with Gasteiger partial charge in [0, 0.05) is 19.0 Å². The number of carbonyl (C=O) groups excluding carboxylic acids is 1. The molecule has 0 fully saturated rings. The molecule has 0 atom stereocenters. The molecule has 0 saturated heterocycles. The molecule has 9 heteroatoms. The Hall–Kier alpha value is -3.36. The van der Waals surface area contributed by atoms with Gasteiger partial charge >= 0.3 is 6.36 Å². The highest BCUT2D eigenvalue weighted by atomic mass is 19.4. The molecule has 0 unspecified atom stereocenters. The van der Waals surface area contributed by atoms with Gasteiger partial charge in [0.25, 0.3) is 0 Å². The van der Waals surface area contributed by atoms with Crippen molar-refractivity contribution in [1.29, 1.82) is 0 Å². The van der Waals surface area contributed by atoms with Gasteiger partial charge in [-0.25, -0.2) is 9.67 Å². The summed E-state index contributed by atoms with van der Waals surface area (Å²) >= 11 is 0. The maximum absolute atomic E-state index is 12.3. The first-order chi connectivity index (χ1) is 14.3. The number of alkyl halides is 3. The van der Waals surface area contributed by atoms with Crippen molar-refractivity contribution in [1.82, 2.24) is 20.1 Å². The van der Waals surface area contributed by atoms with E-state index in [-0.39, 0.29) is 11.7 Å². The zero-order valence-electron chi connectivity index (χ0n) is 16.3. The first kappa shape index (κ1) is 21.4. The maximum Gasteiger partial charge on any atom is 0.573 e. The fourth-order valence-corrected chi connectivity index (χ4v) is 2.86. The Balaban J connectivity index is 1.58. The van der Waals surface area contributed by atoms with E-state index in [1.54, 1.807) is 0 Å². The largest absolute Gasteiger partial charge is 0.573 e. The molecule has 1 heterocycles. The fourth-order valence-electron chi connectivity index (χ4n) is 2.86. The number of hydrogen-bond donors (Lipinski definition) is 1. The van der Waals surface area contributed by atoms with Crippen LogP contribution in [0.4, 0.5) is 13.2 Å². The van der Waals surface area contributed by atoms with Crippen LogP contribution in [0.2, 0.25) is 0 Å². The van der Waals surface area contributed by atoms with Crippen molar-refractivity contribution in [3.8, 4) is 22.8 Å². The molecule has 1 aromatic heterocycles. The van der Waals surface area contributed by atoms with Gasteiger partial charge in [0.2, 0.25) is 5.91 Å². The van der Waals surface area contributed by atoms with Crippen molar-refractivity contribution in [3.05, 3.63) is 60.4 Å². The standard InChI is InChI=1S/C21H21F3N4O2/c1-15(29)25-13-3-2-4-16-5-7-17(8-6-16)20-26-14-28(27-20)18-9-11-19(12-10-18)30-21(22,23)24/h5-12,14H,2-4,13H2,1H3,(H,25,29). The second kappa shape index (κ2) is 9.43. The van der Waals surface area contributed by atoms with Gasteiger partial charge in [-0.1, -0.05) is 24.3 Å². The van der Waals surface area contributed by atoms with E-state index in [4.69, 9.17) is 0 Å². The molecule has 1 N–H and O–H groups in total. The Morgan fingerprint density at radius 3 is 2.40 bits per heavy atom. The fraction of sp³-hybridized carbons (Fsp3) is 0.286. The third-order valence-electron chi connectivity index (χ3n) is 4.31. The molecule has 158 valence electrons. The Labute approximate surface area is 171 Å². The molecule has 0 radical (unpaired) electrons. The number of unbranched alkanes of at least 4 members (excludes halogenated alkanes) is 1. The predicted molar refractivity (Wildman–Crippen MR) is 105 cm³/mol. The average Bonchev–Trinajstić information content (AvgIpc) is 3.17. The Morgan fingerprint density at radius 1 is 1.07 bits per heavy atom. The van der Waals surface area contributed by atoms with Crippen LogP contribution in [0.5, 0.6) is 5.75 Å². The van der Waals surface area contributed by atoms with Crippen LogP contribution in [0.3, 0.4) is 0 Å². The smallest absolute Gasteiger partial charge is 0.406 e. The number of ether oxygens (including phenoxy) is 1. The average molecular weight is 418 g/mol. The van der Waals surface area contributed by atoms with Crippen molar-refractivity contribution >= 4 is 5.91 Å². The predicted octanol–water partition coefficient (Wildman–Crippen LogP) is 4.29. The lowest BCUT2D eigenvalue weighted by molar-refractivity contribution is -0.274. The lowest BCUT2D eigenvalue weighted by Gasteiger charge is -2.09. The van der Waals surface area contributed by atoms with Gasteiger partial charge in [0.05, 0.1) is 5.69 Å². The summed E-state index contributed by atoms with van der Waals surface area (Å²) < 4.78 is 42.1. The Bertz CT molecular complexity index is 967. The number of amides is 1. The second-order valence-corrected chi connectivity index (χ2v) is 6.69. The van der Waals surface area contributed by atoms with Gasteiger partial charge in [0.15, 0.2) is 5.82 Å². The number of benzene rings is 2. The summed E-state index contributed by atoms with van der Waals surface area (Å²) in [6.45, 7) is 2.18. The number of aromatic nitrogens is 3. The number of nitrogens with one attached hydrogen (secondary N) is 1. The molecule has 3 aromatic rings. The lowest BCUT2D eigenvalue weighted by atomic mass is 10.1. The lowest BCUT2D eigenvalue weighted by Crippen LogP contribution is -2.20. The summed E-state index contributed by atoms with van der Waals surface area (Å²) in [6.07, 6.45) is -0.418. The zero-order valence-corrected chi connectivity index (χ0v) is 16.3. The summed E-state index contributed by atoms with van der Waals surface area (Å²) in [5, 5.41) is 7.17. The molecule has 0 aliphatic rings. The van der Waals surface area contributed by atoms with Crippen LogP contribution in [-0.4, -0.2) is 33.6 Å². The minimum atomic E-state index is -4.72. The number of hydrogen-bond acceptors (Lipinski definition) is 4. The zero-order chi connectivity index (χ0) is 21.6. The van der Waals surface area contributed by atoms with E-state index in [0.717, 1.165) is 24.8 Å². The van der Waals surface area contributed by atoms with Gasteiger partial charge < -0.3 is 10.1 Å². The van der Waals surface area contributed by atoms with Crippen LogP contribution in [0.1, 0.15) is 25.3 Å². The van der Waals surface area contributed by atoms with Crippen LogP contribution in [-0.2, 0) is 11.2 Å². The van der Waals surface area contributed by atoms with E-state index in [1.165, 1.54) is 47.8 Å². The first-order valence-corrected chi connectivity index (χ1v) is 9.42. The maximum atomic E-state index is 12.3. The highest BCUT2D eigenvalue weighted by Gasteiger charge is 2.30. The third kappa shape index (κ3) is 6.33. The number of carbonyl (C=O) groups is 1. The van der Waals surface area contributed by atoms with E-state index in [2.05, 4.69) is 20.1 Å². The van der Waals surface area contributed by atoms with Crippen molar-refractivity contribution in [3.63, 3.8) is 0 Å². The van der Waals surface area contributed by atoms with Crippen LogP contribution in [0.15, 0.2) is 54.9 Å². The van der Waals surface area contributed by atoms with Gasteiger partial charge in [-0.15, -0.1) is 18.3 Å². The van der Waals surface area contributed by atoms with Crippen molar-refractivity contribution in [2.45, 2.75) is 32.5 Å². The quantitative estimate of drug-likeness (QED) is 0.554. The molecule has 0 spiro atoms. The van der Waals surface area contributed by atoms with Crippen LogP contribution >= 0.6 is 0 Å². The SMILES string of the molecule is CC(=O)NCCCCc1ccc(-c2ncn(-c3ccc(OC(F)(F)F)cc3)n2)cc1. The van der Waals surface area contributed by atoms with Gasteiger partial charge in [-0.2, -0.15) is 0 Å². The van der Waals surface area contributed by atoms with Crippen molar-refractivity contribution in [2.75, 3.05) is 6.54 Å². The second-order valence-electron chi connectivity index (χ2n) is 6.69. The van der Waals surface area contributed by atoms with Crippen molar-refractivity contribution in [2.24, 2.45) is 0 Å². The van der Waals surface area contributed by atoms with Crippen LogP contribution in [0, 0.1) is 0 Å². The number of aryl methyl sites for hydroxylation is 1. The molecule has 0 aliphatic heterocycles. The van der Waals surface area contributed by atoms with E-state index in [0.29, 0.717) is 18.1 Å². The Morgan fingerprint density at radius 2 is 1.77 bits per heavy atom. The monoisotopic (exact) mass is 418 g/mol. The summed E-state index contributed by atoms with van der Waals surface area (Å²) in [4.78, 5) is 15.1.